The SMILES string of the molecule is O=Cc1ccc(-c2ccc(-c3ccc(C=O)s3)s2)cc1. The number of carbonyl (C=O) groups excluding carboxylic acids is 2. The highest BCUT2D eigenvalue weighted by molar-refractivity contribution is 7.24. The van der Waals surface area contributed by atoms with Crippen LogP contribution in [0.25, 0.3) is 20.2 Å². The van der Waals surface area contributed by atoms with Crippen molar-refractivity contribution in [3.63, 3.8) is 0 Å². The van der Waals surface area contributed by atoms with Gasteiger partial charge in [-0.1, -0.05) is 24.3 Å². The first-order valence-corrected chi connectivity index (χ1v) is 7.64. The predicted octanol–water partition coefficient (Wildman–Crippen LogP) is 4.77. The van der Waals surface area contributed by atoms with Gasteiger partial charge in [0.2, 0.25) is 0 Å². The molecule has 0 aliphatic carbocycles. The number of rotatable bonds is 4. The third-order valence-corrected chi connectivity index (χ3v) is 5.26. The quantitative estimate of drug-likeness (QED) is 0.650. The van der Waals surface area contributed by atoms with E-state index in [1.54, 1.807) is 11.3 Å². The molecule has 0 saturated heterocycles. The molecule has 0 unspecified atom stereocenters. The van der Waals surface area contributed by atoms with E-state index < -0.39 is 0 Å². The maximum atomic E-state index is 10.7. The van der Waals surface area contributed by atoms with Crippen molar-refractivity contribution < 1.29 is 9.59 Å². The summed E-state index contributed by atoms with van der Waals surface area (Å²) in [5.41, 5.74) is 1.78. The largest absolute Gasteiger partial charge is 0.298 e. The van der Waals surface area contributed by atoms with Crippen LogP contribution in [0.5, 0.6) is 0 Å². The van der Waals surface area contributed by atoms with Crippen LogP contribution in [0, 0.1) is 0 Å². The monoisotopic (exact) mass is 298 g/mol. The maximum absolute atomic E-state index is 10.7. The van der Waals surface area contributed by atoms with Gasteiger partial charge in [-0.3, -0.25) is 9.59 Å². The Morgan fingerprint density at radius 3 is 1.95 bits per heavy atom. The highest BCUT2D eigenvalue weighted by Gasteiger charge is 2.07. The lowest BCUT2D eigenvalue weighted by Gasteiger charge is -1.97. The predicted molar refractivity (Wildman–Crippen MR) is 83.8 cm³/mol. The molecule has 0 bridgehead atoms. The number of hydrogen-bond donors (Lipinski definition) is 0. The number of benzene rings is 1. The molecule has 0 aliphatic rings. The Kier molecular flexibility index (Phi) is 3.58. The van der Waals surface area contributed by atoms with Crippen molar-refractivity contribution in [3.05, 3.63) is 59.0 Å². The number of aldehydes is 2. The minimum atomic E-state index is 0.680. The van der Waals surface area contributed by atoms with Crippen LogP contribution in [0.15, 0.2) is 48.5 Å². The smallest absolute Gasteiger partial charge is 0.160 e. The van der Waals surface area contributed by atoms with Gasteiger partial charge in [-0.15, -0.1) is 22.7 Å². The van der Waals surface area contributed by atoms with Gasteiger partial charge in [-0.2, -0.15) is 0 Å². The van der Waals surface area contributed by atoms with Crippen LogP contribution in [0.1, 0.15) is 20.0 Å². The van der Waals surface area contributed by atoms with Crippen LogP contribution < -0.4 is 0 Å². The summed E-state index contributed by atoms with van der Waals surface area (Å²) in [5, 5.41) is 0. The average molecular weight is 298 g/mol. The molecule has 0 atom stereocenters. The van der Waals surface area contributed by atoms with E-state index in [0.717, 1.165) is 37.6 Å². The van der Waals surface area contributed by atoms with Crippen molar-refractivity contribution >= 4 is 35.2 Å². The molecule has 3 aromatic rings. The molecule has 0 fully saturated rings. The summed E-state index contributed by atoms with van der Waals surface area (Å²) in [5.74, 6) is 0. The van der Waals surface area contributed by atoms with Crippen molar-refractivity contribution in [1.29, 1.82) is 0 Å². The second-order valence-electron chi connectivity index (χ2n) is 4.22. The molecular weight excluding hydrogens is 288 g/mol. The molecule has 98 valence electrons. The molecule has 0 aliphatic heterocycles. The highest BCUT2D eigenvalue weighted by atomic mass is 32.1. The first-order valence-electron chi connectivity index (χ1n) is 6.01. The van der Waals surface area contributed by atoms with Crippen LogP contribution in [0.2, 0.25) is 0 Å². The van der Waals surface area contributed by atoms with Crippen molar-refractivity contribution in [2.75, 3.05) is 0 Å². The summed E-state index contributed by atoms with van der Waals surface area (Å²) < 4.78 is 0. The fraction of sp³-hybridized carbons (Fsp3) is 0. The van der Waals surface area contributed by atoms with E-state index in [0.29, 0.717) is 5.56 Å². The number of thiophene rings is 2. The van der Waals surface area contributed by atoms with E-state index in [9.17, 15) is 9.59 Å². The third kappa shape index (κ3) is 2.48. The summed E-state index contributed by atoms with van der Waals surface area (Å²) in [6.45, 7) is 0. The number of carbonyl (C=O) groups is 2. The summed E-state index contributed by atoms with van der Waals surface area (Å²) in [6.07, 6.45) is 1.72. The summed E-state index contributed by atoms with van der Waals surface area (Å²) >= 11 is 3.18. The van der Waals surface area contributed by atoms with E-state index in [-0.39, 0.29) is 0 Å². The van der Waals surface area contributed by atoms with Crippen molar-refractivity contribution in [1.82, 2.24) is 0 Å². The van der Waals surface area contributed by atoms with Crippen LogP contribution in [-0.2, 0) is 0 Å². The summed E-state index contributed by atoms with van der Waals surface area (Å²) in [4.78, 5) is 25.5. The second kappa shape index (κ2) is 5.53. The van der Waals surface area contributed by atoms with Gasteiger partial charge in [-0.05, 0) is 29.8 Å². The van der Waals surface area contributed by atoms with Gasteiger partial charge in [0.1, 0.15) is 6.29 Å². The van der Waals surface area contributed by atoms with E-state index in [2.05, 4.69) is 12.1 Å². The van der Waals surface area contributed by atoms with E-state index >= 15 is 0 Å². The van der Waals surface area contributed by atoms with Crippen LogP contribution in [0.4, 0.5) is 0 Å². The Hall–Kier alpha value is -2.04. The standard InChI is InChI=1S/C16H10O2S2/c17-9-11-1-3-12(4-2-11)14-7-8-16(20-14)15-6-5-13(10-18)19-15/h1-10H. The van der Waals surface area contributed by atoms with E-state index in [1.807, 2.05) is 36.4 Å². The molecule has 2 aromatic heterocycles. The fourth-order valence-corrected chi connectivity index (χ4v) is 3.82. The van der Waals surface area contributed by atoms with Gasteiger partial charge >= 0.3 is 0 Å². The highest BCUT2D eigenvalue weighted by Crippen LogP contribution is 2.37. The lowest BCUT2D eigenvalue weighted by Crippen LogP contribution is -1.78. The number of hydrogen-bond acceptors (Lipinski definition) is 4. The molecule has 4 heteroatoms. The van der Waals surface area contributed by atoms with E-state index in [4.69, 9.17) is 0 Å². The Bertz CT molecular complexity index is 751. The summed E-state index contributed by atoms with van der Waals surface area (Å²) in [6, 6.07) is 15.5. The minimum Gasteiger partial charge on any atom is -0.298 e. The van der Waals surface area contributed by atoms with Crippen LogP contribution >= 0.6 is 22.7 Å². The van der Waals surface area contributed by atoms with E-state index in [1.165, 1.54) is 11.3 Å². The minimum absolute atomic E-state index is 0.680. The fourth-order valence-electron chi connectivity index (χ4n) is 1.90. The van der Waals surface area contributed by atoms with Gasteiger partial charge in [0, 0.05) is 20.2 Å². The average Bonchev–Trinajstić information content (AvgIpc) is 3.16. The van der Waals surface area contributed by atoms with Crippen molar-refractivity contribution in [2.45, 2.75) is 0 Å². The van der Waals surface area contributed by atoms with Gasteiger partial charge in [0.15, 0.2) is 6.29 Å². The Morgan fingerprint density at radius 2 is 1.30 bits per heavy atom. The molecule has 0 saturated carbocycles. The zero-order valence-electron chi connectivity index (χ0n) is 10.4. The Labute approximate surface area is 124 Å². The van der Waals surface area contributed by atoms with Crippen molar-refractivity contribution in [2.24, 2.45) is 0 Å². The van der Waals surface area contributed by atoms with Gasteiger partial charge in [-0.25, -0.2) is 0 Å². The normalized spacial score (nSPS) is 10.4. The van der Waals surface area contributed by atoms with Gasteiger partial charge in [0.05, 0.1) is 4.88 Å². The molecule has 20 heavy (non-hydrogen) atoms. The third-order valence-electron chi connectivity index (χ3n) is 2.92. The molecule has 0 radical (unpaired) electrons. The van der Waals surface area contributed by atoms with Crippen LogP contribution in [0.3, 0.4) is 0 Å². The lowest BCUT2D eigenvalue weighted by molar-refractivity contribution is 0.111. The first-order chi connectivity index (χ1) is 9.80. The van der Waals surface area contributed by atoms with Gasteiger partial charge < -0.3 is 0 Å². The molecule has 3 rings (SSSR count). The molecule has 0 spiro atoms. The zero-order chi connectivity index (χ0) is 13.9. The molecule has 0 amide bonds. The first kappa shape index (κ1) is 13.0. The lowest BCUT2D eigenvalue weighted by atomic mass is 10.1. The Balaban J connectivity index is 1.92. The molecule has 2 nitrogen and oxygen atoms in total. The topological polar surface area (TPSA) is 34.1 Å². The van der Waals surface area contributed by atoms with Gasteiger partial charge in [0.25, 0.3) is 0 Å². The Morgan fingerprint density at radius 1 is 0.650 bits per heavy atom. The summed E-state index contributed by atoms with van der Waals surface area (Å²) in [7, 11) is 0. The molecule has 0 N–H and O–H groups in total. The van der Waals surface area contributed by atoms with Crippen molar-refractivity contribution in [3.8, 4) is 20.2 Å². The molecule has 1 aromatic carbocycles. The second-order valence-corrected chi connectivity index (χ2v) is 6.42. The molecule has 2 heterocycles. The zero-order valence-corrected chi connectivity index (χ0v) is 12.0. The molecular formula is C16H10O2S2. The maximum Gasteiger partial charge on any atom is 0.160 e. The van der Waals surface area contributed by atoms with Crippen LogP contribution in [-0.4, -0.2) is 12.6 Å².